The van der Waals surface area contributed by atoms with Gasteiger partial charge in [-0.2, -0.15) is 0 Å². The highest BCUT2D eigenvalue weighted by molar-refractivity contribution is 5.16. The molecule has 1 aliphatic heterocycles. The Labute approximate surface area is 104 Å². The molecule has 0 aromatic heterocycles. The fraction of sp³-hybridized carbons (Fsp3) is 0.467. The first-order chi connectivity index (χ1) is 8.38. The maximum atomic E-state index is 8.86. The third-order valence-corrected chi connectivity index (χ3v) is 3.21. The van der Waals surface area contributed by atoms with Gasteiger partial charge in [0, 0.05) is 26.2 Å². The molecule has 1 aromatic carbocycles. The highest BCUT2D eigenvalue weighted by Gasteiger charge is 2.12. The van der Waals surface area contributed by atoms with E-state index in [-0.39, 0.29) is 0 Å². The molecule has 0 bridgehead atoms. The van der Waals surface area contributed by atoms with Crippen molar-refractivity contribution in [1.29, 1.82) is 0 Å². The third-order valence-electron chi connectivity index (χ3n) is 3.21. The van der Waals surface area contributed by atoms with Crippen molar-refractivity contribution in [2.45, 2.75) is 25.8 Å². The van der Waals surface area contributed by atoms with Crippen molar-refractivity contribution in [2.24, 2.45) is 0 Å². The van der Waals surface area contributed by atoms with Crippen LogP contribution in [0.15, 0.2) is 42.0 Å². The minimum Gasteiger partial charge on any atom is -0.396 e. The van der Waals surface area contributed by atoms with Gasteiger partial charge in [0.15, 0.2) is 0 Å². The Morgan fingerprint density at radius 3 is 2.76 bits per heavy atom. The molecule has 0 aliphatic carbocycles. The molecule has 2 rings (SSSR count). The van der Waals surface area contributed by atoms with Gasteiger partial charge < -0.3 is 5.11 Å². The molecule has 0 atom stereocenters. The zero-order chi connectivity index (χ0) is 11.9. The predicted molar refractivity (Wildman–Crippen MR) is 70.7 cm³/mol. The first kappa shape index (κ1) is 12.3. The van der Waals surface area contributed by atoms with E-state index in [2.05, 4.69) is 41.3 Å². The minimum atomic E-state index is 0.302. The Balaban J connectivity index is 1.85. The van der Waals surface area contributed by atoms with Crippen molar-refractivity contribution in [3.05, 3.63) is 47.5 Å². The molecule has 0 fully saturated rings. The van der Waals surface area contributed by atoms with E-state index in [4.69, 9.17) is 5.11 Å². The molecule has 17 heavy (non-hydrogen) atoms. The van der Waals surface area contributed by atoms with E-state index in [0.717, 1.165) is 38.9 Å². The number of hydrogen-bond donors (Lipinski definition) is 1. The van der Waals surface area contributed by atoms with Crippen LogP contribution >= 0.6 is 0 Å². The van der Waals surface area contributed by atoms with Crippen LogP contribution in [0.25, 0.3) is 0 Å². The first-order valence-corrected chi connectivity index (χ1v) is 6.43. The average molecular weight is 231 g/mol. The summed E-state index contributed by atoms with van der Waals surface area (Å²) in [6.07, 6.45) is 5.43. The molecule has 0 unspecified atom stereocenters. The third kappa shape index (κ3) is 3.99. The summed E-state index contributed by atoms with van der Waals surface area (Å²) in [5.74, 6) is 0. The van der Waals surface area contributed by atoms with Crippen molar-refractivity contribution in [3.8, 4) is 0 Å². The van der Waals surface area contributed by atoms with E-state index in [9.17, 15) is 0 Å². The largest absolute Gasteiger partial charge is 0.396 e. The molecule has 0 spiro atoms. The van der Waals surface area contributed by atoms with Gasteiger partial charge in [-0.1, -0.05) is 42.0 Å². The molecular formula is C15H21NO. The molecule has 2 heteroatoms. The van der Waals surface area contributed by atoms with Crippen molar-refractivity contribution in [2.75, 3.05) is 19.7 Å². The van der Waals surface area contributed by atoms with E-state index in [1.54, 1.807) is 0 Å². The molecular weight excluding hydrogens is 210 g/mol. The summed E-state index contributed by atoms with van der Waals surface area (Å²) in [5, 5.41) is 8.86. The van der Waals surface area contributed by atoms with E-state index < -0.39 is 0 Å². The van der Waals surface area contributed by atoms with Crippen LogP contribution in [0, 0.1) is 0 Å². The van der Waals surface area contributed by atoms with E-state index >= 15 is 0 Å². The summed E-state index contributed by atoms with van der Waals surface area (Å²) >= 11 is 0. The molecule has 1 aliphatic rings. The van der Waals surface area contributed by atoms with Gasteiger partial charge in [0.1, 0.15) is 0 Å². The van der Waals surface area contributed by atoms with Gasteiger partial charge >= 0.3 is 0 Å². The fourth-order valence-corrected chi connectivity index (χ4v) is 2.35. The molecule has 1 heterocycles. The smallest absolute Gasteiger partial charge is 0.0434 e. The highest BCUT2D eigenvalue weighted by atomic mass is 16.2. The fourth-order valence-electron chi connectivity index (χ4n) is 2.35. The molecule has 1 N–H and O–H groups in total. The molecule has 1 aromatic rings. The number of hydrogen-bond acceptors (Lipinski definition) is 2. The van der Waals surface area contributed by atoms with Crippen LogP contribution in [-0.2, 0) is 6.54 Å². The van der Waals surface area contributed by atoms with Crippen LogP contribution in [0.4, 0.5) is 0 Å². The molecule has 0 radical (unpaired) electrons. The molecule has 92 valence electrons. The van der Waals surface area contributed by atoms with Crippen LogP contribution in [0.2, 0.25) is 0 Å². The van der Waals surface area contributed by atoms with Gasteiger partial charge in [0.25, 0.3) is 0 Å². The number of aliphatic hydroxyl groups is 1. The Morgan fingerprint density at radius 1 is 1.18 bits per heavy atom. The summed E-state index contributed by atoms with van der Waals surface area (Å²) in [4.78, 5) is 2.49. The lowest BCUT2D eigenvalue weighted by Gasteiger charge is -2.27. The maximum absolute atomic E-state index is 8.86. The van der Waals surface area contributed by atoms with E-state index in [1.807, 2.05) is 0 Å². The lowest BCUT2D eigenvalue weighted by molar-refractivity contribution is 0.266. The molecule has 0 amide bonds. The van der Waals surface area contributed by atoms with Crippen LogP contribution < -0.4 is 0 Å². The Kier molecular flexibility index (Phi) is 4.77. The molecule has 0 saturated heterocycles. The maximum Gasteiger partial charge on any atom is 0.0434 e. The van der Waals surface area contributed by atoms with Crippen LogP contribution in [-0.4, -0.2) is 29.7 Å². The second-order valence-corrected chi connectivity index (χ2v) is 4.67. The van der Waals surface area contributed by atoms with Crippen molar-refractivity contribution < 1.29 is 5.11 Å². The number of benzene rings is 1. The second-order valence-electron chi connectivity index (χ2n) is 4.67. The summed E-state index contributed by atoms with van der Waals surface area (Å²) in [6.45, 7) is 3.56. The van der Waals surface area contributed by atoms with Gasteiger partial charge in [0.05, 0.1) is 0 Å². The Bertz CT molecular complexity index is 358. The van der Waals surface area contributed by atoms with Gasteiger partial charge in [-0.15, -0.1) is 0 Å². The number of nitrogens with zero attached hydrogens (tertiary/aromatic N) is 1. The quantitative estimate of drug-likeness (QED) is 0.787. The Hall–Kier alpha value is -1.12. The molecule has 0 saturated carbocycles. The first-order valence-electron chi connectivity index (χ1n) is 6.43. The topological polar surface area (TPSA) is 23.5 Å². The van der Waals surface area contributed by atoms with Gasteiger partial charge in [-0.25, -0.2) is 0 Å². The normalized spacial score (nSPS) is 16.9. The zero-order valence-electron chi connectivity index (χ0n) is 10.3. The monoisotopic (exact) mass is 231 g/mol. The van der Waals surface area contributed by atoms with Gasteiger partial charge in [-0.05, 0) is 24.8 Å². The van der Waals surface area contributed by atoms with Crippen molar-refractivity contribution in [3.63, 3.8) is 0 Å². The summed E-state index contributed by atoms with van der Waals surface area (Å²) in [7, 11) is 0. The standard InChI is InChI=1S/C15H21NO/c17-11-5-9-15-8-4-10-16(13-15)12-14-6-2-1-3-7-14/h1-3,6-8,17H,4-5,9-13H2. The second kappa shape index (κ2) is 6.58. The summed E-state index contributed by atoms with van der Waals surface area (Å²) in [6, 6.07) is 10.6. The SMILES string of the molecule is OCCCC1=CCCN(Cc2ccccc2)C1. The van der Waals surface area contributed by atoms with Crippen molar-refractivity contribution in [1.82, 2.24) is 4.90 Å². The van der Waals surface area contributed by atoms with E-state index in [0.29, 0.717) is 6.61 Å². The van der Waals surface area contributed by atoms with E-state index in [1.165, 1.54) is 11.1 Å². The van der Waals surface area contributed by atoms with Gasteiger partial charge in [0.2, 0.25) is 0 Å². The lowest BCUT2D eigenvalue weighted by Crippen LogP contribution is -2.29. The minimum absolute atomic E-state index is 0.302. The number of rotatable bonds is 5. The highest BCUT2D eigenvalue weighted by Crippen LogP contribution is 2.16. The Morgan fingerprint density at radius 2 is 2.00 bits per heavy atom. The van der Waals surface area contributed by atoms with Crippen LogP contribution in [0.3, 0.4) is 0 Å². The van der Waals surface area contributed by atoms with Gasteiger partial charge in [-0.3, -0.25) is 4.90 Å². The number of aliphatic hydroxyl groups excluding tert-OH is 1. The van der Waals surface area contributed by atoms with Crippen LogP contribution in [0.5, 0.6) is 0 Å². The average Bonchev–Trinajstić information content (AvgIpc) is 2.38. The van der Waals surface area contributed by atoms with Crippen molar-refractivity contribution >= 4 is 0 Å². The lowest BCUT2D eigenvalue weighted by atomic mass is 10.0. The summed E-state index contributed by atoms with van der Waals surface area (Å²) < 4.78 is 0. The van der Waals surface area contributed by atoms with Crippen LogP contribution in [0.1, 0.15) is 24.8 Å². The molecule has 2 nitrogen and oxygen atoms in total. The predicted octanol–water partition coefficient (Wildman–Crippen LogP) is 2.59. The zero-order valence-corrected chi connectivity index (χ0v) is 10.3. The summed E-state index contributed by atoms with van der Waals surface area (Å²) in [5.41, 5.74) is 2.87.